The van der Waals surface area contributed by atoms with E-state index < -0.39 is 55.4 Å². The summed E-state index contributed by atoms with van der Waals surface area (Å²) >= 11 is 0. The zero-order valence-corrected chi connectivity index (χ0v) is 24.4. The molecule has 0 aromatic carbocycles. The van der Waals surface area contributed by atoms with Gasteiger partial charge in [-0.1, -0.05) is 0 Å². The van der Waals surface area contributed by atoms with Crippen LogP contribution in [0.1, 0.15) is 6.42 Å². The summed E-state index contributed by atoms with van der Waals surface area (Å²) in [5.74, 6) is -37.0. The number of rotatable bonds is 30. The first-order valence-corrected chi connectivity index (χ1v) is 13.5. The highest BCUT2D eigenvalue weighted by Crippen LogP contribution is 2.60. The maximum Gasteiger partial charge on any atom is 0.460 e. The fourth-order valence-corrected chi connectivity index (χ4v) is 2.87. The molecule has 0 saturated carbocycles. The number of hydrogen-bond acceptors (Lipinski definition) is 9. The van der Waals surface area contributed by atoms with Gasteiger partial charge in [0.15, 0.2) is 0 Å². The third-order valence-corrected chi connectivity index (χ3v) is 5.40. The van der Waals surface area contributed by atoms with Gasteiger partial charge < -0.3 is 43.0 Å². The Morgan fingerprint density at radius 3 is 0.804 bits per heavy atom. The van der Waals surface area contributed by atoms with Crippen LogP contribution in [-0.4, -0.2) is 153 Å². The fourth-order valence-electron chi connectivity index (χ4n) is 2.87. The zero-order chi connectivity index (χ0) is 35.4. The Morgan fingerprint density at radius 2 is 0.543 bits per heavy atom. The molecule has 0 spiro atoms. The summed E-state index contributed by atoms with van der Waals surface area (Å²) < 4.78 is 210. The standard InChI is InChI=1S/C24H37F13O9/c25-19(26,20(27,28)21(29,30)22(31,32)23(33,34)24(35,36)37)1-3-39-5-7-41-9-11-43-13-15-45-17-18-46-16-14-44-12-10-42-8-6-40-4-2-38/h38H,1-18H2. The lowest BCUT2D eigenvalue weighted by molar-refractivity contribution is -0.440. The Hall–Kier alpha value is -1.27. The first-order chi connectivity index (χ1) is 21.3. The van der Waals surface area contributed by atoms with Crippen molar-refractivity contribution < 1.29 is 100 Å². The van der Waals surface area contributed by atoms with E-state index in [1.807, 2.05) is 0 Å². The van der Waals surface area contributed by atoms with Crippen LogP contribution in [-0.2, 0) is 37.9 Å². The molecule has 0 radical (unpaired) electrons. The third kappa shape index (κ3) is 14.5. The van der Waals surface area contributed by atoms with Crippen LogP contribution in [0.5, 0.6) is 0 Å². The van der Waals surface area contributed by atoms with Crippen molar-refractivity contribution in [3.8, 4) is 0 Å². The summed E-state index contributed by atoms with van der Waals surface area (Å²) in [5, 5.41) is 8.53. The molecule has 0 aromatic rings. The second-order valence-corrected chi connectivity index (χ2v) is 8.87. The van der Waals surface area contributed by atoms with Crippen LogP contribution in [0.2, 0.25) is 0 Å². The van der Waals surface area contributed by atoms with Crippen molar-refractivity contribution in [3.63, 3.8) is 0 Å². The number of alkyl halides is 13. The smallest absolute Gasteiger partial charge is 0.394 e. The van der Waals surface area contributed by atoms with E-state index in [-0.39, 0.29) is 59.5 Å². The van der Waals surface area contributed by atoms with Crippen LogP contribution in [0.4, 0.5) is 57.1 Å². The van der Waals surface area contributed by atoms with Crippen molar-refractivity contribution in [1.29, 1.82) is 0 Å². The van der Waals surface area contributed by atoms with Crippen LogP contribution in [0.15, 0.2) is 0 Å². The Labute approximate surface area is 255 Å². The predicted molar refractivity (Wildman–Crippen MR) is 129 cm³/mol. The molecule has 0 rings (SSSR count). The molecule has 0 saturated heterocycles. The highest BCUT2D eigenvalue weighted by atomic mass is 19.4. The molecule has 0 heterocycles. The minimum atomic E-state index is -7.92. The van der Waals surface area contributed by atoms with Crippen molar-refractivity contribution in [2.24, 2.45) is 0 Å². The molecule has 22 heteroatoms. The average molecular weight is 717 g/mol. The van der Waals surface area contributed by atoms with Crippen molar-refractivity contribution in [3.05, 3.63) is 0 Å². The first-order valence-electron chi connectivity index (χ1n) is 13.5. The summed E-state index contributed by atoms with van der Waals surface area (Å²) in [6.45, 7) is 0.785. The number of ether oxygens (including phenoxy) is 8. The molecular weight excluding hydrogens is 679 g/mol. The van der Waals surface area contributed by atoms with Crippen LogP contribution < -0.4 is 0 Å². The van der Waals surface area contributed by atoms with E-state index >= 15 is 0 Å². The fraction of sp³-hybridized carbons (Fsp3) is 1.00. The average Bonchev–Trinajstić information content (AvgIpc) is 2.96. The highest BCUT2D eigenvalue weighted by molar-refractivity contribution is 5.10. The van der Waals surface area contributed by atoms with Gasteiger partial charge in [-0.2, -0.15) is 57.1 Å². The van der Waals surface area contributed by atoms with E-state index in [0.717, 1.165) is 0 Å². The molecule has 0 aliphatic carbocycles. The maximum atomic E-state index is 13.6. The van der Waals surface area contributed by atoms with Crippen molar-refractivity contribution in [2.75, 3.05) is 112 Å². The lowest BCUT2D eigenvalue weighted by atomic mass is 9.93. The Balaban J connectivity index is 3.88. The predicted octanol–water partition coefficient (Wildman–Crippen LogP) is 4.24. The van der Waals surface area contributed by atoms with E-state index in [9.17, 15) is 57.1 Å². The Bertz CT molecular complexity index is 776. The molecule has 0 unspecified atom stereocenters. The molecule has 1 N–H and O–H groups in total. The van der Waals surface area contributed by atoms with E-state index in [0.29, 0.717) is 39.6 Å². The lowest BCUT2D eigenvalue weighted by Gasteiger charge is -2.39. The summed E-state index contributed by atoms with van der Waals surface area (Å²) in [4.78, 5) is 0. The molecular formula is C24H37F13O9. The third-order valence-electron chi connectivity index (χ3n) is 5.40. The van der Waals surface area contributed by atoms with Gasteiger partial charge in [-0.25, -0.2) is 0 Å². The summed E-state index contributed by atoms with van der Waals surface area (Å²) in [7, 11) is 0. The van der Waals surface area contributed by atoms with Crippen LogP contribution in [0.3, 0.4) is 0 Å². The van der Waals surface area contributed by atoms with Crippen molar-refractivity contribution in [1.82, 2.24) is 0 Å². The monoisotopic (exact) mass is 716 g/mol. The van der Waals surface area contributed by atoms with Crippen molar-refractivity contribution in [2.45, 2.75) is 42.2 Å². The van der Waals surface area contributed by atoms with Gasteiger partial charge in [0.25, 0.3) is 0 Å². The molecule has 9 nitrogen and oxygen atoms in total. The summed E-state index contributed by atoms with van der Waals surface area (Å²) in [6, 6.07) is 0. The second-order valence-electron chi connectivity index (χ2n) is 8.87. The van der Waals surface area contributed by atoms with Gasteiger partial charge in [-0.3, -0.25) is 0 Å². The van der Waals surface area contributed by atoms with Gasteiger partial charge >= 0.3 is 35.8 Å². The lowest BCUT2D eigenvalue weighted by Crippen LogP contribution is -2.70. The molecule has 0 aliphatic heterocycles. The quantitative estimate of drug-likeness (QED) is 0.0867. The maximum absolute atomic E-state index is 13.6. The zero-order valence-electron chi connectivity index (χ0n) is 24.4. The van der Waals surface area contributed by atoms with Crippen LogP contribution in [0, 0.1) is 0 Å². The summed E-state index contributed by atoms with van der Waals surface area (Å²) in [6.07, 6.45) is -9.87. The Morgan fingerprint density at radius 1 is 0.304 bits per heavy atom. The van der Waals surface area contributed by atoms with E-state index in [4.69, 9.17) is 38.3 Å². The van der Waals surface area contributed by atoms with Gasteiger partial charge in [-0.15, -0.1) is 0 Å². The number of aliphatic hydroxyl groups is 1. The SMILES string of the molecule is OCCOCCOCCOCCOCCOCCOCCOCCOCCC(F)(F)C(F)(F)C(F)(F)C(F)(F)C(F)(F)C(F)(F)F. The molecule has 0 aromatic heterocycles. The van der Waals surface area contributed by atoms with Gasteiger partial charge in [0.1, 0.15) is 0 Å². The minimum Gasteiger partial charge on any atom is -0.394 e. The van der Waals surface area contributed by atoms with Crippen LogP contribution >= 0.6 is 0 Å². The van der Waals surface area contributed by atoms with Gasteiger partial charge in [0.2, 0.25) is 0 Å². The van der Waals surface area contributed by atoms with Gasteiger partial charge in [0.05, 0.1) is 112 Å². The summed E-state index contributed by atoms with van der Waals surface area (Å²) in [5.41, 5.74) is 0. The first kappa shape index (κ1) is 44.7. The largest absolute Gasteiger partial charge is 0.460 e. The number of aliphatic hydroxyl groups excluding tert-OH is 1. The van der Waals surface area contributed by atoms with Gasteiger partial charge in [0, 0.05) is 6.42 Å². The van der Waals surface area contributed by atoms with Crippen LogP contribution in [0.25, 0.3) is 0 Å². The number of halogens is 13. The molecule has 0 atom stereocenters. The Kier molecular flexibility index (Phi) is 21.1. The van der Waals surface area contributed by atoms with E-state index in [2.05, 4.69) is 4.74 Å². The molecule has 0 fully saturated rings. The highest BCUT2D eigenvalue weighted by Gasteiger charge is 2.90. The molecule has 46 heavy (non-hydrogen) atoms. The molecule has 0 amide bonds. The molecule has 0 aliphatic rings. The topological polar surface area (TPSA) is 94.1 Å². The van der Waals surface area contributed by atoms with E-state index in [1.54, 1.807) is 0 Å². The van der Waals surface area contributed by atoms with Crippen molar-refractivity contribution >= 4 is 0 Å². The minimum absolute atomic E-state index is 0.0206. The van der Waals surface area contributed by atoms with E-state index in [1.165, 1.54) is 0 Å². The normalized spacial score (nSPS) is 14.0. The van der Waals surface area contributed by atoms with Gasteiger partial charge in [-0.05, 0) is 0 Å². The number of hydrogen-bond donors (Lipinski definition) is 1. The molecule has 0 bridgehead atoms. The second kappa shape index (κ2) is 21.6. The molecule has 278 valence electrons.